The van der Waals surface area contributed by atoms with Crippen LogP contribution in [0, 0.1) is 0 Å². The molecule has 0 spiro atoms. The first-order chi connectivity index (χ1) is 57.1. The van der Waals surface area contributed by atoms with Gasteiger partial charge in [-0.2, -0.15) is 34.5 Å². The summed E-state index contributed by atoms with van der Waals surface area (Å²) in [5.41, 5.74) is 4.72. The Morgan fingerprint density at radius 2 is 0.769 bits per heavy atom. The Morgan fingerprint density at radius 1 is 0.430 bits per heavy atom. The maximum Gasteiger partial charge on any atom is 1.00 e. The second-order valence-corrected chi connectivity index (χ2v) is 37.3. The van der Waals surface area contributed by atoms with Crippen molar-refractivity contribution in [3.63, 3.8) is 0 Å². The second-order valence-electron chi connectivity index (χ2n) is 31.9. The Bertz CT molecular complexity index is 3140. The zero-order valence-corrected chi connectivity index (χ0v) is 79.2. The minimum atomic E-state index is -4.99. The molecule has 0 aliphatic carbocycles. The van der Waals surface area contributed by atoms with Gasteiger partial charge in [-0.1, -0.05) is 206 Å². The van der Waals surface area contributed by atoms with Crippen molar-refractivity contribution < 1.29 is 197 Å². The smallest absolute Gasteiger partial charge is 0.748 e. The number of carbonyl (C=O) groups excluding carboxylic acids is 8. The molecule has 0 saturated carbocycles. The third-order valence-corrected chi connectivity index (χ3v) is 26.1. The molecule has 41 heteroatoms. The quantitative estimate of drug-likeness (QED) is 0.00782. The molecule has 0 radical (unpaired) electrons. The van der Waals surface area contributed by atoms with E-state index in [1.165, 1.54) is 148 Å². The maximum absolute atomic E-state index is 12.6. The summed E-state index contributed by atoms with van der Waals surface area (Å²) in [7, 11) is -9.93. The van der Waals surface area contributed by atoms with Gasteiger partial charge in [-0.15, -0.1) is 0 Å². The van der Waals surface area contributed by atoms with E-state index in [-0.39, 0.29) is 170 Å². The molecule has 6 rings (SSSR count). The van der Waals surface area contributed by atoms with Crippen molar-refractivity contribution in [1.29, 1.82) is 0 Å². The van der Waals surface area contributed by atoms with Crippen molar-refractivity contribution in [2.24, 2.45) is 0 Å². The van der Waals surface area contributed by atoms with E-state index in [4.69, 9.17) is 47.6 Å². The van der Waals surface area contributed by atoms with E-state index in [1.807, 2.05) is 0 Å². The number of amides is 4. The Morgan fingerprint density at radius 3 is 1.14 bits per heavy atom. The Balaban J connectivity index is 0.000000615. The summed E-state index contributed by atoms with van der Waals surface area (Å²) in [6.45, 7) is 3.06. The van der Waals surface area contributed by atoms with Crippen LogP contribution >= 0.6 is 23.5 Å². The number of rotatable bonds is 66. The molecule has 0 aromatic carbocycles. The number of hydroxylamine groups is 2. The van der Waals surface area contributed by atoms with Gasteiger partial charge in [0.1, 0.15) is 49.3 Å². The molecule has 17 atom stereocenters. The molecule has 6 fully saturated rings. The van der Waals surface area contributed by atoms with Gasteiger partial charge in [-0.05, 0) is 38.5 Å². The van der Waals surface area contributed by atoms with Crippen LogP contribution in [0.5, 0.6) is 0 Å². The zero-order valence-electron chi connectivity index (χ0n) is 72.0. The van der Waals surface area contributed by atoms with Gasteiger partial charge in [0.2, 0.25) is 0 Å². The van der Waals surface area contributed by atoms with Crippen LogP contribution in [0.25, 0.3) is 0 Å². The summed E-state index contributed by atoms with van der Waals surface area (Å²) >= 11 is 3.57. The van der Waals surface area contributed by atoms with Crippen LogP contribution < -0.4 is 91.3 Å². The first kappa shape index (κ1) is 113. The largest absolute Gasteiger partial charge is 1.00 e. The summed E-state index contributed by atoms with van der Waals surface area (Å²) in [5.74, 6) is -4.57. The van der Waals surface area contributed by atoms with E-state index in [0.717, 1.165) is 75.7 Å². The fourth-order valence-electron chi connectivity index (χ4n) is 15.0. The number of hydrogen-bond donors (Lipinski definition) is 11. The molecule has 6 aliphatic rings. The van der Waals surface area contributed by atoms with Gasteiger partial charge in [0.15, 0.2) is 24.8 Å². The number of urea groups is 2. The normalized spacial score (nSPS) is 25.0. The minimum Gasteiger partial charge on any atom is -0.748 e. The van der Waals surface area contributed by atoms with E-state index in [2.05, 4.69) is 46.1 Å². The average molecular weight is 1820 g/mol. The number of nitrogens with one attached hydrogen (secondary N) is 6. The molecular formula is C80H140N6Na2O29S4. The van der Waals surface area contributed by atoms with E-state index >= 15 is 0 Å². The van der Waals surface area contributed by atoms with Gasteiger partial charge in [-0.3, -0.25) is 28.8 Å². The van der Waals surface area contributed by atoms with E-state index < -0.39 is 149 Å². The van der Waals surface area contributed by atoms with Gasteiger partial charge in [-0.25, -0.2) is 26.4 Å². The molecule has 6 saturated heterocycles. The van der Waals surface area contributed by atoms with Crippen molar-refractivity contribution in [1.82, 2.24) is 32.2 Å². The Kier molecular flexibility index (Phi) is 61.3. The van der Waals surface area contributed by atoms with Crippen LogP contribution in [0.1, 0.15) is 290 Å². The van der Waals surface area contributed by atoms with Gasteiger partial charge in [0, 0.05) is 67.2 Å². The summed E-state index contributed by atoms with van der Waals surface area (Å²) in [5, 5.41) is 65.2. The number of aliphatic hydroxyl groups is 5. The van der Waals surface area contributed by atoms with Crippen LogP contribution in [0.3, 0.4) is 0 Å². The van der Waals surface area contributed by atoms with E-state index in [1.54, 1.807) is 23.5 Å². The van der Waals surface area contributed by atoms with Crippen LogP contribution in [0.4, 0.5) is 9.59 Å². The molecule has 11 N–H and O–H groups in total. The predicted molar refractivity (Wildman–Crippen MR) is 439 cm³/mol. The number of aliphatic hydroxyl groups excluding tert-OH is 5. The molecule has 4 amide bonds. The minimum absolute atomic E-state index is 0. The number of carbonyl (C=O) groups is 8. The maximum atomic E-state index is 12.6. The van der Waals surface area contributed by atoms with E-state index in [0.29, 0.717) is 25.7 Å². The van der Waals surface area contributed by atoms with Crippen LogP contribution in [0.2, 0.25) is 0 Å². The predicted octanol–water partition coefficient (Wildman–Crippen LogP) is 1.51. The van der Waals surface area contributed by atoms with Crippen molar-refractivity contribution in [2.45, 2.75) is 392 Å². The number of ether oxygens (including phenoxy) is 8. The topological polar surface area (TPSA) is 517 Å². The van der Waals surface area contributed by atoms with Crippen LogP contribution in [-0.2, 0) is 96.6 Å². The summed E-state index contributed by atoms with van der Waals surface area (Å²) in [6.07, 6.45) is 22.0. The number of esters is 4. The van der Waals surface area contributed by atoms with E-state index in [9.17, 15) is 89.8 Å². The molecule has 6 aliphatic heterocycles. The Labute approximate surface area is 768 Å². The van der Waals surface area contributed by atoms with Gasteiger partial charge in [0.25, 0.3) is 0 Å². The number of thioether (sulfide) groups is 2. The SMILES string of the molecule is CCCCCCCCCCCCCCCCCC(=O)OCC(O)COC1OC(CS(=O)(=O)[O-])C(OC(=O)CCNOC(=O)CCCC[C@@H]2SC[C@@H]3NC(=O)N[C@@H]32)C(O)C1O.CCCCCCCCCCCCCCCCCC(=O)OCCCOC1OC(CS(=O)(=O)[O-])C(OC(=O)CCNOC(=O)CCCC[C@@H]2SC[C@@H]3NC(=O)N[C@@H]32)C(O)C1O.[Na+].[Na+]. The molecule has 35 nitrogen and oxygen atoms in total. The van der Waals surface area contributed by atoms with Gasteiger partial charge >= 0.3 is 107 Å². The number of fused-ring (bicyclic) bond motifs is 2. The molecule has 6 heterocycles. The molecule has 0 bridgehead atoms. The third kappa shape index (κ3) is 49.7. The molecule has 690 valence electrons. The fourth-order valence-corrected chi connectivity index (χ4v) is 19.4. The Hall–Kier alpha value is -2.56. The van der Waals surface area contributed by atoms with Crippen molar-refractivity contribution in [3.05, 3.63) is 0 Å². The van der Waals surface area contributed by atoms with Crippen molar-refractivity contribution >= 4 is 91.6 Å². The fraction of sp³-hybridized carbons (Fsp3) is 0.900. The average Bonchev–Trinajstić information content (AvgIpc) is 1.73. The van der Waals surface area contributed by atoms with Gasteiger partial charge in [0.05, 0.1) is 88.6 Å². The summed E-state index contributed by atoms with van der Waals surface area (Å²) < 4.78 is 112. The molecule has 11 unspecified atom stereocenters. The standard InChI is InChI=1S/C40H71N3O15S2.C40H71N3O14S2.2Na/c1-2-3-4-5-6-7-8-9-10-11-12-13-14-15-16-20-32(45)54-24-28(44)25-55-39-37(49)36(48)38(30(56-39)27-60(51,52)53)57-33(46)22-23-41-58-34(47)21-18-17-19-31-35-29(26-59-31)42-40(50)43-35;1-2-3-4-5-6-7-8-9-10-11-12-13-14-15-16-21-32(44)53-25-19-26-54-39-37(48)36(47)38(30(55-39)28-59(50,51)52)56-33(45)23-24-41-57-34(46)22-18-17-20-31-35-29(27-58-31)42-40(49)43-35;;/h28-31,35-39,41,44,48-49H,2-27H2,1H3,(H2,42,43,50)(H,51,52,53);29-31,35-39,41,47-48H,2-28H2,1H3,(H2,42,43,49)(H,50,51,52);;/q;;2*+1/p-2/t28?,29-,30?,31-,35-,36?,37?,38?,39?;29-,30?,31-,35-,36?,37?,38?,39?;;/m00../s1. The second kappa shape index (κ2) is 65.9. The van der Waals surface area contributed by atoms with Crippen molar-refractivity contribution in [3.8, 4) is 0 Å². The monoisotopic (exact) mass is 1820 g/mol. The van der Waals surface area contributed by atoms with Crippen molar-refractivity contribution in [2.75, 3.05) is 62.5 Å². The van der Waals surface area contributed by atoms with Crippen LogP contribution in [-0.4, -0.2) is 264 Å². The molecule has 121 heavy (non-hydrogen) atoms. The van der Waals surface area contributed by atoms with Crippen LogP contribution in [0.15, 0.2) is 0 Å². The third-order valence-electron chi connectivity index (χ3n) is 21.6. The number of unbranched alkanes of at least 4 members (excludes halogenated alkanes) is 30. The summed E-state index contributed by atoms with van der Waals surface area (Å²) in [6, 6.07) is 0.116. The summed E-state index contributed by atoms with van der Waals surface area (Å²) in [4.78, 5) is 107. The number of hydrogen-bond acceptors (Lipinski definition) is 33. The molecule has 0 aromatic heterocycles. The first-order valence-corrected chi connectivity index (χ1v) is 49.1. The zero-order chi connectivity index (χ0) is 86.6. The molecule has 0 aromatic rings. The van der Waals surface area contributed by atoms with Gasteiger partial charge < -0.3 is 103 Å². The first-order valence-electron chi connectivity index (χ1n) is 43.9. The molecular weight excluding hydrogens is 1680 g/mol.